The number of aliphatic hydroxyl groups is 1. The minimum atomic E-state index is -0.923. The Morgan fingerprint density at radius 2 is 2.18 bits per heavy atom. The average Bonchev–Trinajstić information content (AvgIpc) is 2.88. The molecule has 1 heterocycles. The molecule has 1 N–H and O–H groups in total. The lowest BCUT2D eigenvalue weighted by Crippen LogP contribution is -2.42. The Kier molecular flexibility index (Phi) is 4.97. The third-order valence-electron chi connectivity index (χ3n) is 3.58. The molecule has 6 heteroatoms. The van der Waals surface area contributed by atoms with Crippen LogP contribution in [0.1, 0.15) is 45.3 Å². The Hall–Kier alpha value is -1.33. The average molecular weight is 330 g/mol. The van der Waals surface area contributed by atoms with E-state index in [-0.39, 0.29) is 5.02 Å². The van der Waals surface area contributed by atoms with Crippen LogP contribution >= 0.6 is 11.6 Å². The molecule has 0 saturated carbocycles. The summed E-state index contributed by atoms with van der Waals surface area (Å²) in [6.45, 7) is 5.93. The van der Waals surface area contributed by atoms with E-state index >= 15 is 0 Å². The number of hydrogen-bond donors (Lipinski definition) is 1. The second kappa shape index (κ2) is 6.42. The molecule has 0 bridgehead atoms. The second-order valence-corrected chi connectivity index (χ2v) is 6.91. The van der Waals surface area contributed by atoms with Crippen molar-refractivity contribution in [1.29, 1.82) is 0 Å². The highest BCUT2D eigenvalue weighted by atomic mass is 35.5. The van der Waals surface area contributed by atoms with Gasteiger partial charge < -0.3 is 14.7 Å². The fraction of sp³-hybridized carbons (Fsp3) is 0.562. The Labute approximate surface area is 134 Å². The summed E-state index contributed by atoms with van der Waals surface area (Å²) in [7, 11) is 0. The van der Waals surface area contributed by atoms with E-state index in [1.807, 2.05) is 0 Å². The van der Waals surface area contributed by atoms with Crippen molar-refractivity contribution in [2.24, 2.45) is 0 Å². The molecule has 2 rings (SSSR count). The molecule has 1 fully saturated rings. The third-order valence-corrected chi connectivity index (χ3v) is 3.87. The number of hydrogen-bond acceptors (Lipinski definition) is 3. The number of likely N-dealkylation sites (tertiary alicyclic amines) is 1. The van der Waals surface area contributed by atoms with Crippen molar-refractivity contribution >= 4 is 17.7 Å². The van der Waals surface area contributed by atoms with Crippen molar-refractivity contribution in [2.75, 3.05) is 6.54 Å². The van der Waals surface area contributed by atoms with Gasteiger partial charge in [-0.1, -0.05) is 17.7 Å². The number of carbonyl (C=O) groups is 1. The molecule has 22 heavy (non-hydrogen) atoms. The number of benzene rings is 1. The molecule has 1 unspecified atom stereocenters. The van der Waals surface area contributed by atoms with Gasteiger partial charge in [0.25, 0.3) is 0 Å². The maximum atomic E-state index is 13.2. The zero-order valence-electron chi connectivity index (χ0n) is 13.0. The van der Waals surface area contributed by atoms with Crippen molar-refractivity contribution in [1.82, 2.24) is 4.90 Å². The minimum absolute atomic E-state index is 0.0432. The van der Waals surface area contributed by atoms with Gasteiger partial charge in [-0.25, -0.2) is 9.18 Å². The molecule has 1 saturated heterocycles. The normalized spacial score (nSPS) is 20.1. The number of amides is 1. The first-order valence-corrected chi connectivity index (χ1v) is 7.69. The largest absolute Gasteiger partial charge is 0.444 e. The van der Waals surface area contributed by atoms with Crippen molar-refractivity contribution in [3.63, 3.8) is 0 Å². The van der Waals surface area contributed by atoms with Crippen LogP contribution in [0, 0.1) is 5.82 Å². The lowest BCUT2D eigenvalue weighted by molar-refractivity contribution is 0.00489. The molecule has 1 amide bonds. The van der Waals surface area contributed by atoms with E-state index in [1.165, 1.54) is 23.1 Å². The van der Waals surface area contributed by atoms with E-state index in [4.69, 9.17) is 16.3 Å². The number of rotatable bonds is 2. The van der Waals surface area contributed by atoms with Gasteiger partial charge >= 0.3 is 6.09 Å². The standard InChI is InChI=1S/C16H21ClFNO3/c1-16(2,3)22-15(21)19-8-4-5-13(19)14(20)10-6-7-12(18)11(17)9-10/h6-7,9,13-14,20H,4-5,8H2,1-3H3/t13-,14?/m0/s1. The molecule has 0 aromatic heterocycles. The van der Waals surface area contributed by atoms with E-state index in [0.29, 0.717) is 18.5 Å². The summed E-state index contributed by atoms with van der Waals surface area (Å²) in [5.74, 6) is -0.534. The third kappa shape index (κ3) is 3.90. The number of aliphatic hydroxyl groups excluding tert-OH is 1. The molecule has 1 aromatic carbocycles. The summed E-state index contributed by atoms with van der Waals surface area (Å²) < 4.78 is 18.6. The number of ether oxygens (including phenoxy) is 1. The van der Waals surface area contributed by atoms with Crippen molar-refractivity contribution in [3.05, 3.63) is 34.6 Å². The summed E-state index contributed by atoms with van der Waals surface area (Å²) in [6.07, 6.45) is 0.0843. The van der Waals surface area contributed by atoms with E-state index in [9.17, 15) is 14.3 Å². The zero-order chi connectivity index (χ0) is 16.5. The fourth-order valence-electron chi connectivity index (χ4n) is 2.59. The Morgan fingerprint density at radius 3 is 2.77 bits per heavy atom. The molecule has 0 aliphatic carbocycles. The summed E-state index contributed by atoms with van der Waals surface area (Å²) in [5.41, 5.74) is -0.0965. The highest BCUT2D eigenvalue weighted by Gasteiger charge is 2.37. The fourth-order valence-corrected chi connectivity index (χ4v) is 2.78. The van der Waals surface area contributed by atoms with Gasteiger partial charge in [0.15, 0.2) is 0 Å². The highest BCUT2D eigenvalue weighted by Crippen LogP contribution is 2.32. The first kappa shape index (κ1) is 17.0. The van der Waals surface area contributed by atoms with E-state index in [1.54, 1.807) is 20.8 Å². The van der Waals surface area contributed by atoms with Gasteiger partial charge in [0.05, 0.1) is 17.2 Å². The highest BCUT2D eigenvalue weighted by molar-refractivity contribution is 6.30. The lowest BCUT2D eigenvalue weighted by atomic mass is 10.0. The van der Waals surface area contributed by atoms with Crippen molar-refractivity contribution < 1.29 is 19.0 Å². The van der Waals surface area contributed by atoms with Gasteiger partial charge in [0.2, 0.25) is 0 Å². The van der Waals surface area contributed by atoms with Crippen molar-refractivity contribution in [3.8, 4) is 0 Å². The predicted molar refractivity (Wildman–Crippen MR) is 82.3 cm³/mol. The van der Waals surface area contributed by atoms with Crippen LogP contribution in [-0.4, -0.2) is 34.3 Å². The quantitative estimate of drug-likeness (QED) is 0.895. The van der Waals surface area contributed by atoms with Gasteiger partial charge in [-0.3, -0.25) is 0 Å². The monoisotopic (exact) mass is 329 g/mol. The molecule has 0 spiro atoms. The maximum absolute atomic E-state index is 13.2. The summed E-state index contributed by atoms with van der Waals surface area (Å²) in [6, 6.07) is 3.70. The lowest BCUT2D eigenvalue weighted by Gasteiger charge is -2.31. The Morgan fingerprint density at radius 1 is 1.50 bits per heavy atom. The molecule has 1 aromatic rings. The predicted octanol–water partition coefficient (Wildman–Crippen LogP) is 3.91. The van der Waals surface area contributed by atoms with E-state index in [0.717, 1.165) is 6.42 Å². The topological polar surface area (TPSA) is 49.8 Å². The van der Waals surface area contributed by atoms with Crippen LogP contribution in [0.3, 0.4) is 0 Å². The van der Waals surface area contributed by atoms with Gasteiger partial charge in [-0.15, -0.1) is 0 Å². The summed E-state index contributed by atoms with van der Waals surface area (Å²) >= 11 is 5.76. The zero-order valence-corrected chi connectivity index (χ0v) is 13.7. The number of carbonyl (C=O) groups excluding carboxylic acids is 1. The molecular formula is C16H21ClFNO3. The van der Waals surface area contributed by atoms with Crippen LogP contribution in [0.15, 0.2) is 18.2 Å². The molecular weight excluding hydrogens is 309 g/mol. The second-order valence-electron chi connectivity index (χ2n) is 6.50. The molecule has 122 valence electrons. The van der Waals surface area contributed by atoms with Gasteiger partial charge in [-0.2, -0.15) is 0 Å². The first-order chi connectivity index (χ1) is 10.2. The molecule has 1 aliphatic heterocycles. The smallest absolute Gasteiger partial charge is 0.410 e. The van der Waals surface area contributed by atoms with Gasteiger partial charge in [0, 0.05) is 6.54 Å². The molecule has 2 atom stereocenters. The van der Waals surface area contributed by atoms with Gasteiger partial charge in [0.1, 0.15) is 11.4 Å². The van der Waals surface area contributed by atoms with Gasteiger partial charge in [-0.05, 0) is 51.3 Å². The Bertz CT molecular complexity index is 559. The number of nitrogens with zero attached hydrogens (tertiary/aromatic N) is 1. The SMILES string of the molecule is CC(C)(C)OC(=O)N1CCC[C@H]1C(O)c1ccc(F)c(Cl)c1. The van der Waals surface area contributed by atoms with Crippen LogP contribution in [-0.2, 0) is 4.74 Å². The molecule has 4 nitrogen and oxygen atoms in total. The summed E-state index contributed by atoms with van der Waals surface area (Å²) in [4.78, 5) is 13.8. The van der Waals surface area contributed by atoms with Crippen LogP contribution < -0.4 is 0 Å². The van der Waals surface area contributed by atoms with Crippen molar-refractivity contribution in [2.45, 2.75) is 51.4 Å². The number of halogens is 2. The van der Waals surface area contributed by atoms with Crippen LogP contribution in [0.25, 0.3) is 0 Å². The van der Waals surface area contributed by atoms with Crippen LogP contribution in [0.4, 0.5) is 9.18 Å². The minimum Gasteiger partial charge on any atom is -0.444 e. The Balaban J connectivity index is 2.15. The van der Waals surface area contributed by atoms with Crippen LogP contribution in [0.2, 0.25) is 5.02 Å². The maximum Gasteiger partial charge on any atom is 0.410 e. The van der Waals surface area contributed by atoms with E-state index < -0.39 is 29.7 Å². The molecule has 1 aliphatic rings. The first-order valence-electron chi connectivity index (χ1n) is 7.31. The molecule has 0 radical (unpaired) electrons. The van der Waals surface area contributed by atoms with Crippen LogP contribution in [0.5, 0.6) is 0 Å². The van der Waals surface area contributed by atoms with E-state index in [2.05, 4.69) is 0 Å². The summed E-state index contributed by atoms with van der Waals surface area (Å²) in [5, 5.41) is 10.5.